The van der Waals surface area contributed by atoms with E-state index in [-0.39, 0.29) is 11.8 Å². The van der Waals surface area contributed by atoms with Gasteiger partial charge in [0.15, 0.2) is 0 Å². The lowest BCUT2D eigenvalue weighted by Crippen LogP contribution is -2.44. The number of amides is 1. The summed E-state index contributed by atoms with van der Waals surface area (Å²) in [7, 11) is 0. The summed E-state index contributed by atoms with van der Waals surface area (Å²) in [5, 5.41) is 3.13. The van der Waals surface area contributed by atoms with Crippen molar-refractivity contribution in [2.75, 3.05) is 19.6 Å². The fourth-order valence-electron chi connectivity index (χ4n) is 2.30. The van der Waals surface area contributed by atoms with Crippen molar-refractivity contribution in [3.8, 4) is 0 Å². The van der Waals surface area contributed by atoms with E-state index >= 15 is 0 Å². The number of hydrogen-bond donors (Lipinski definition) is 1. The Bertz CT molecular complexity index is 215. The molecule has 2 bridgehead atoms. The maximum absolute atomic E-state index is 11.4. The zero-order valence-corrected chi connectivity index (χ0v) is 8.42. The Morgan fingerprint density at radius 3 is 2.69 bits per heavy atom. The van der Waals surface area contributed by atoms with E-state index in [0.29, 0.717) is 6.04 Å². The average molecular weight is 182 g/mol. The van der Waals surface area contributed by atoms with Gasteiger partial charge in [0.25, 0.3) is 0 Å². The molecular weight excluding hydrogens is 164 g/mol. The maximum atomic E-state index is 11.4. The molecule has 0 aromatic heterocycles. The number of nitrogens with zero attached hydrogens (tertiary/aromatic N) is 1. The van der Waals surface area contributed by atoms with E-state index in [1.54, 1.807) is 0 Å². The van der Waals surface area contributed by atoms with E-state index in [9.17, 15) is 4.79 Å². The summed E-state index contributed by atoms with van der Waals surface area (Å²) in [5.41, 5.74) is 0. The van der Waals surface area contributed by atoms with Crippen LogP contribution in [0.3, 0.4) is 0 Å². The fraction of sp³-hybridized carbons (Fsp3) is 0.900. The van der Waals surface area contributed by atoms with Crippen LogP contribution in [-0.2, 0) is 4.79 Å². The summed E-state index contributed by atoms with van der Waals surface area (Å²) in [6.45, 7) is 7.40. The molecular formula is C10H18N2O. The Morgan fingerprint density at radius 2 is 2.23 bits per heavy atom. The lowest BCUT2D eigenvalue weighted by molar-refractivity contribution is -0.125. The van der Waals surface area contributed by atoms with Crippen molar-refractivity contribution in [3.05, 3.63) is 0 Å². The van der Waals surface area contributed by atoms with Crippen LogP contribution in [0.4, 0.5) is 0 Å². The summed E-state index contributed by atoms with van der Waals surface area (Å²) in [6.07, 6.45) is 1.27. The van der Waals surface area contributed by atoms with Crippen molar-refractivity contribution in [2.24, 2.45) is 11.8 Å². The summed E-state index contributed by atoms with van der Waals surface area (Å²) in [5.74, 6) is 1.05. The number of carbonyl (C=O) groups excluding carboxylic acids is 1. The molecule has 2 rings (SSSR count). The second-order valence-corrected chi connectivity index (χ2v) is 4.58. The molecule has 1 amide bonds. The Kier molecular flexibility index (Phi) is 2.28. The first-order valence-electron chi connectivity index (χ1n) is 5.19. The van der Waals surface area contributed by atoms with E-state index in [0.717, 1.165) is 12.5 Å². The Morgan fingerprint density at radius 1 is 1.46 bits per heavy atom. The normalized spacial score (nSPS) is 37.0. The minimum absolute atomic E-state index is 0.120. The molecule has 2 heterocycles. The van der Waals surface area contributed by atoms with Gasteiger partial charge in [-0.1, -0.05) is 13.8 Å². The highest BCUT2D eigenvalue weighted by Crippen LogP contribution is 2.27. The number of nitrogens with one attached hydrogen (secondary N) is 1. The zero-order chi connectivity index (χ0) is 9.42. The highest BCUT2D eigenvalue weighted by Gasteiger charge is 2.38. The standard InChI is InChI=1S/C10H18N2O/c1-7(2)10(13)11-9-6-12-4-3-8(9)5-12/h7-9H,3-6H2,1-2H3,(H,11,13)/t8-,9-/m1/s1. The molecule has 2 fully saturated rings. The van der Waals surface area contributed by atoms with Crippen LogP contribution in [0, 0.1) is 11.8 Å². The van der Waals surface area contributed by atoms with Gasteiger partial charge >= 0.3 is 0 Å². The van der Waals surface area contributed by atoms with Crippen LogP contribution in [-0.4, -0.2) is 36.5 Å². The number of rotatable bonds is 2. The number of fused-ring (bicyclic) bond motifs is 2. The monoisotopic (exact) mass is 182 g/mol. The topological polar surface area (TPSA) is 32.3 Å². The summed E-state index contributed by atoms with van der Waals surface area (Å²) < 4.78 is 0. The first-order valence-corrected chi connectivity index (χ1v) is 5.19. The molecule has 3 atom stereocenters. The van der Waals surface area contributed by atoms with Gasteiger partial charge in [0.1, 0.15) is 0 Å². The predicted molar refractivity (Wildman–Crippen MR) is 51.3 cm³/mol. The molecule has 3 nitrogen and oxygen atoms in total. The van der Waals surface area contributed by atoms with Crippen molar-refractivity contribution < 1.29 is 4.79 Å². The lowest BCUT2D eigenvalue weighted by Gasteiger charge is -2.23. The van der Waals surface area contributed by atoms with Crippen LogP contribution in [0.2, 0.25) is 0 Å². The molecule has 0 aromatic rings. The minimum atomic E-state index is 0.120. The Labute approximate surface area is 79.5 Å². The van der Waals surface area contributed by atoms with Gasteiger partial charge in [-0.2, -0.15) is 0 Å². The highest BCUT2D eigenvalue weighted by molar-refractivity contribution is 5.78. The van der Waals surface area contributed by atoms with Crippen molar-refractivity contribution >= 4 is 5.91 Å². The zero-order valence-electron chi connectivity index (χ0n) is 8.42. The van der Waals surface area contributed by atoms with Gasteiger partial charge in [0.2, 0.25) is 5.91 Å². The molecule has 0 radical (unpaired) electrons. The average Bonchev–Trinajstić information content (AvgIpc) is 2.64. The third-order valence-electron chi connectivity index (χ3n) is 3.18. The second-order valence-electron chi connectivity index (χ2n) is 4.58. The van der Waals surface area contributed by atoms with Gasteiger partial charge in [-0.25, -0.2) is 0 Å². The van der Waals surface area contributed by atoms with Crippen LogP contribution in [0.25, 0.3) is 0 Å². The first-order chi connectivity index (χ1) is 6.16. The van der Waals surface area contributed by atoms with E-state index < -0.39 is 0 Å². The molecule has 13 heavy (non-hydrogen) atoms. The number of carbonyl (C=O) groups is 1. The highest BCUT2D eigenvalue weighted by atomic mass is 16.1. The molecule has 0 aliphatic carbocycles. The van der Waals surface area contributed by atoms with E-state index in [1.807, 2.05) is 13.8 Å². The third-order valence-corrected chi connectivity index (χ3v) is 3.18. The molecule has 3 heteroatoms. The first kappa shape index (κ1) is 9.00. The summed E-state index contributed by atoms with van der Waals surface area (Å²) in [4.78, 5) is 13.9. The van der Waals surface area contributed by atoms with Gasteiger partial charge in [-0.3, -0.25) is 4.79 Å². The molecule has 0 spiro atoms. The van der Waals surface area contributed by atoms with Gasteiger partial charge < -0.3 is 10.2 Å². The van der Waals surface area contributed by atoms with Crippen molar-refractivity contribution in [1.29, 1.82) is 0 Å². The summed E-state index contributed by atoms with van der Waals surface area (Å²) >= 11 is 0. The van der Waals surface area contributed by atoms with Crippen molar-refractivity contribution in [3.63, 3.8) is 0 Å². The number of piperidine rings is 1. The van der Waals surface area contributed by atoms with Crippen LogP contribution in [0.5, 0.6) is 0 Å². The van der Waals surface area contributed by atoms with Gasteiger partial charge in [0.05, 0.1) is 0 Å². The molecule has 2 aliphatic heterocycles. The van der Waals surface area contributed by atoms with Crippen molar-refractivity contribution in [2.45, 2.75) is 26.3 Å². The Balaban J connectivity index is 1.86. The third kappa shape index (κ3) is 1.70. The van der Waals surface area contributed by atoms with Crippen LogP contribution in [0.1, 0.15) is 20.3 Å². The van der Waals surface area contributed by atoms with Gasteiger partial charge in [-0.05, 0) is 18.9 Å². The largest absolute Gasteiger partial charge is 0.352 e. The SMILES string of the molecule is CC(C)C(=O)N[C@@H]1C[N@@]2CC[C@@H]1C2. The van der Waals surface area contributed by atoms with Crippen LogP contribution >= 0.6 is 0 Å². The quantitative estimate of drug-likeness (QED) is 0.673. The molecule has 0 aromatic carbocycles. The molecule has 0 unspecified atom stereocenters. The second kappa shape index (κ2) is 3.29. The van der Waals surface area contributed by atoms with E-state index in [1.165, 1.54) is 19.5 Å². The molecule has 2 saturated heterocycles. The predicted octanol–water partition coefficient (Wildman–Crippen LogP) is 0.463. The molecule has 74 valence electrons. The van der Waals surface area contributed by atoms with E-state index in [2.05, 4.69) is 10.2 Å². The molecule has 1 N–H and O–H groups in total. The van der Waals surface area contributed by atoms with Gasteiger partial charge in [0, 0.05) is 25.0 Å². The minimum Gasteiger partial charge on any atom is -0.352 e. The van der Waals surface area contributed by atoms with Crippen LogP contribution < -0.4 is 5.32 Å². The lowest BCUT2D eigenvalue weighted by atomic mass is 9.99. The molecule has 2 aliphatic rings. The van der Waals surface area contributed by atoms with Gasteiger partial charge in [-0.15, -0.1) is 0 Å². The smallest absolute Gasteiger partial charge is 0.222 e. The fourth-order valence-corrected chi connectivity index (χ4v) is 2.30. The van der Waals surface area contributed by atoms with Crippen LogP contribution in [0.15, 0.2) is 0 Å². The summed E-state index contributed by atoms with van der Waals surface area (Å²) in [6, 6.07) is 0.434. The van der Waals surface area contributed by atoms with E-state index in [4.69, 9.17) is 0 Å². The molecule has 0 saturated carbocycles. The van der Waals surface area contributed by atoms with Crippen molar-refractivity contribution in [1.82, 2.24) is 10.2 Å². The maximum Gasteiger partial charge on any atom is 0.222 e. The Hall–Kier alpha value is -0.570. The number of hydrogen-bond acceptors (Lipinski definition) is 2.